The first-order valence-electron chi connectivity index (χ1n) is 4.24. The lowest BCUT2D eigenvalue weighted by molar-refractivity contribution is -0.137. The maximum absolute atomic E-state index is 11.4. The molecule has 1 rings (SSSR count). The molecule has 0 atom stereocenters. The Balaban J connectivity index is 2.87. The fraction of sp³-hybridized carbons (Fsp3) is 0.250. The lowest BCUT2D eigenvalue weighted by Crippen LogP contribution is -2.24. The largest absolute Gasteiger partial charge is 0.477 e. The third-order valence-corrected chi connectivity index (χ3v) is 3.71. The highest BCUT2D eigenvalue weighted by Crippen LogP contribution is 2.23. The van der Waals surface area contributed by atoms with Crippen LogP contribution in [0.3, 0.4) is 0 Å². The van der Waals surface area contributed by atoms with E-state index in [9.17, 15) is 18.0 Å². The normalized spacial score (nSPS) is 10.9. The van der Waals surface area contributed by atoms with Gasteiger partial charge in [-0.25, -0.2) is 13.2 Å². The number of sulfonamides is 1. The average Bonchev–Trinajstić information content (AvgIpc) is 2.64. The summed E-state index contributed by atoms with van der Waals surface area (Å²) in [6, 6.07) is 1.31. The molecule has 9 heteroatoms. The third kappa shape index (κ3) is 3.71. The highest BCUT2D eigenvalue weighted by molar-refractivity contribution is 7.93. The molecule has 1 heterocycles. The zero-order valence-corrected chi connectivity index (χ0v) is 10.3. The number of anilines is 1. The topological polar surface area (TPSA) is 110 Å². The maximum atomic E-state index is 11.4. The van der Waals surface area contributed by atoms with Crippen molar-refractivity contribution < 1.29 is 27.9 Å². The number of carboxylic acid groups (broad SMARTS) is 1. The van der Waals surface area contributed by atoms with Crippen molar-refractivity contribution in [1.82, 2.24) is 0 Å². The van der Waals surface area contributed by atoms with Gasteiger partial charge in [-0.3, -0.25) is 9.52 Å². The van der Waals surface area contributed by atoms with E-state index in [1.165, 1.54) is 11.4 Å². The summed E-state index contributed by atoms with van der Waals surface area (Å²) in [5, 5.41) is 10.2. The third-order valence-electron chi connectivity index (χ3n) is 1.66. The van der Waals surface area contributed by atoms with Gasteiger partial charge in [-0.1, -0.05) is 0 Å². The molecular weight excluding hydrogens is 270 g/mol. The van der Waals surface area contributed by atoms with Gasteiger partial charge in [-0.05, 0) is 11.4 Å². The van der Waals surface area contributed by atoms with Gasteiger partial charge in [0, 0.05) is 0 Å². The van der Waals surface area contributed by atoms with Crippen molar-refractivity contribution in [3.05, 3.63) is 16.3 Å². The maximum Gasteiger partial charge on any atom is 0.348 e. The molecule has 2 N–H and O–H groups in total. The zero-order chi connectivity index (χ0) is 13.1. The summed E-state index contributed by atoms with van der Waals surface area (Å²) in [4.78, 5) is 21.4. The van der Waals surface area contributed by atoms with Crippen molar-refractivity contribution in [2.75, 3.05) is 17.6 Å². The Labute approximate surface area is 101 Å². The number of esters is 1. The van der Waals surface area contributed by atoms with Gasteiger partial charge in [0.05, 0.1) is 12.8 Å². The first-order valence-corrected chi connectivity index (χ1v) is 6.77. The van der Waals surface area contributed by atoms with Gasteiger partial charge in [0.25, 0.3) is 0 Å². The summed E-state index contributed by atoms with van der Waals surface area (Å²) in [6.45, 7) is 0. The number of nitrogens with one attached hydrogen (secondary N) is 1. The molecule has 0 spiro atoms. The molecule has 0 aliphatic carbocycles. The number of methoxy groups -OCH3 is 1. The molecule has 0 aliphatic heterocycles. The van der Waals surface area contributed by atoms with Crippen LogP contribution in [0.2, 0.25) is 0 Å². The van der Waals surface area contributed by atoms with Crippen LogP contribution < -0.4 is 4.72 Å². The highest BCUT2D eigenvalue weighted by atomic mass is 32.2. The van der Waals surface area contributed by atoms with Gasteiger partial charge < -0.3 is 9.84 Å². The van der Waals surface area contributed by atoms with Crippen LogP contribution in [-0.2, 0) is 19.6 Å². The van der Waals surface area contributed by atoms with Crippen LogP contribution in [0.25, 0.3) is 0 Å². The number of thiophene rings is 1. The molecule has 1 aromatic heterocycles. The Morgan fingerprint density at radius 3 is 2.71 bits per heavy atom. The predicted molar refractivity (Wildman–Crippen MR) is 60.7 cm³/mol. The van der Waals surface area contributed by atoms with Crippen LogP contribution in [-0.4, -0.2) is 38.3 Å². The van der Waals surface area contributed by atoms with Crippen LogP contribution >= 0.6 is 11.3 Å². The molecule has 0 unspecified atom stereocenters. The zero-order valence-electron chi connectivity index (χ0n) is 8.67. The van der Waals surface area contributed by atoms with Crippen molar-refractivity contribution in [3.8, 4) is 0 Å². The van der Waals surface area contributed by atoms with E-state index in [2.05, 4.69) is 4.74 Å². The van der Waals surface area contributed by atoms with E-state index in [0.717, 1.165) is 18.4 Å². The van der Waals surface area contributed by atoms with Gasteiger partial charge in [-0.2, -0.15) is 0 Å². The van der Waals surface area contributed by atoms with Crippen LogP contribution in [0.5, 0.6) is 0 Å². The first kappa shape index (κ1) is 13.5. The van der Waals surface area contributed by atoms with Gasteiger partial charge in [0.1, 0.15) is 4.88 Å². The van der Waals surface area contributed by atoms with Crippen molar-refractivity contribution in [2.45, 2.75) is 0 Å². The molecule has 17 heavy (non-hydrogen) atoms. The van der Waals surface area contributed by atoms with Crippen molar-refractivity contribution in [3.63, 3.8) is 0 Å². The number of hydrogen-bond donors (Lipinski definition) is 2. The van der Waals surface area contributed by atoms with E-state index in [1.54, 1.807) is 0 Å². The number of carbonyl (C=O) groups excluding carboxylic acids is 1. The van der Waals surface area contributed by atoms with Crippen LogP contribution in [0, 0.1) is 0 Å². The van der Waals surface area contributed by atoms with E-state index < -0.39 is 27.7 Å². The standard InChI is InChI=1S/C8H9NO6S2/c1-15-6(10)4-17(13,14)9-5-2-3-16-7(5)8(11)12/h2-3,9H,4H2,1H3,(H,11,12). The second kappa shape index (κ2) is 5.15. The fourth-order valence-corrected chi connectivity index (χ4v) is 2.73. The van der Waals surface area contributed by atoms with E-state index >= 15 is 0 Å². The van der Waals surface area contributed by atoms with E-state index in [4.69, 9.17) is 5.11 Å². The highest BCUT2D eigenvalue weighted by Gasteiger charge is 2.20. The molecule has 1 aromatic rings. The summed E-state index contributed by atoms with van der Waals surface area (Å²) >= 11 is 0.880. The van der Waals surface area contributed by atoms with Gasteiger partial charge in [0.2, 0.25) is 10.0 Å². The van der Waals surface area contributed by atoms with Crippen LogP contribution in [0.1, 0.15) is 9.67 Å². The van der Waals surface area contributed by atoms with E-state index in [0.29, 0.717) is 0 Å². The lowest BCUT2D eigenvalue weighted by atomic mass is 10.4. The minimum Gasteiger partial charge on any atom is -0.477 e. The minimum absolute atomic E-state index is 0.0635. The summed E-state index contributed by atoms with van der Waals surface area (Å²) in [7, 11) is -2.89. The van der Waals surface area contributed by atoms with E-state index in [1.807, 2.05) is 4.72 Å². The van der Waals surface area contributed by atoms with Gasteiger partial charge >= 0.3 is 11.9 Å². The Morgan fingerprint density at radius 1 is 1.53 bits per heavy atom. The van der Waals surface area contributed by atoms with Crippen molar-refractivity contribution >= 4 is 39.0 Å². The van der Waals surface area contributed by atoms with Crippen molar-refractivity contribution in [2.24, 2.45) is 0 Å². The number of carbonyl (C=O) groups is 2. The van der Waals surface area contributed by atoms with E-state index in [-0.39, 0.29) is 10.6 Å². The molecule has 94 valence electrons. The molecular formula is C8H9NO6S2. The fourth-order valence-electron chi connectivity index (χ4n) is 0.973. The second-order valence-corrected chi connectivity index (χ2v) is 5.54. The molecule has 0 saturated heterocycles. The Morgan fingerprint density at radius 2 is 2.18 bits per heavy atom. The number of ether oxygens (including phenoxy) is 1. The first-order chi connectivity index (χ1) is 7.85. The monoisotopic (exact) mass is 279 g/mol. The molecule has 0 aliphatic rings. The molecule has 0 saturated carbocycles. The number of carboxylic acids is 1. The number of hydrogen-bond acceptors (Lipinski definition) is 6. The Bertz CT molecular complexity index is 532. The summed E-state index contributed by atoms with van der Waals surface area (Å²) < 4.78 is 29.1. The number of rotatable bonds is 5. The smallest absolute Gasteiger partial charge is 0.348 e. The Hall–Kier alpha value is -1.61. The number of aromatic carboxylic acids is 1. The molecule has 0 fully saturated rings. The molecule has 0 radical (unpaired) electrons. The average molecular weight is 279 g/mol. The SMILES string of the molecule is COC(=O)CS(=O)(=O)Nc1ccsc1C(=O)O. The molecule has 0 aromatic carbocycles. The minimum atomic E-state index is -3.95. The Kier molecular flexibility index (Phi) is 4.07. The molecule has 7 nitrogen and oxygen atoms in total. The second-order valence-electron chi connectivity index (χ2n) is 2.91. The molecule has 0 amide bonds. The lowest BCUT2D eigenvalue weighted by Gasteiger charge is -2.05. The summed E-state index contributed by atoms with van der Waals surface area (Å²) in [5.41, 5.74) is -0.0635. The van der Waals surface area contributed by atoms with Crippen LogP contribution in [0.15, 0.2) is 11.4 Å². The van der Waals surface area contributed by atoms with Crippen LogP contribution in [0.4, 0.5) is 5.69 Å². The summed E-state index contributed by atoms with van der Waals surface area (Å²) in [5.74, 6) is -3.03. The molecule has 0 bridgehead atoms. The quantitative estimate of drug-likeness (QED) is 0.753. The predicted octanol–water partition coefficient (Wildman–Crippen LogP) is 0.361. The van der Waals surface area contributed by atoms with Gasteiger partial charge in [0.15, 0.2) is 5.75 Å². The van der Waals surface area contributed by atoms with Crippen molar-refractivity contribution in [1.29, 1.82) is 0 Å². The van der Waals surface area contributed by atoms with Gasteiger partial charge in [-0.15, -0.1) is 11.3 Å². The summed E-state index contributed by atoms with van der Waals surface area (Å²) in [6.07, 6.45) is 0.